The third kappa shape index (κ3) is 14.3. The molecule has 176 valence electrons. The van der Waals surface area contributed by atoms with E-state index in [1.54, 1.807) is 6.92 Å². The number of carbonyl (C=O) groups excluding carboxylic acids is 1. The van der Waals surface area contributed by atoms with E-state index in [9.17, 15) is 4.79 Å². The van der Waals surface area contributed by atoms with Gasteiger partial charge in [0.05, 0.1) is 11.7 Å². The van der Waals surface area contributed by atoms with Gasteiger partial charge in [-0.1, -0.05) is 46.6 Å². The first kappa shape index (κ1) is 27.6. The number of ketones is 1. The van der Waals surface area contributed by atoms with Crippen molar-refractivity contribution in [2.75, 3.05) is 0 Å². The number of unbranched alkanes of at least 4 members (excludes halogenated alkanes) is 1. The quantitative estimate of drug-likeness (QED) is 0.140. The molecule has 0 aliphatic carbocycles. The van der Waals surface area contributed by atoms with E-state index in [0.29, 0.717) is 18.3 Å². The van der Waals surface area contributed by atoms with Crippen LogP contribution < -0.4 is 0 Å². The highest BCUT2D eigenvalue weighted by Gasteiger charge is 2.46. The third-order valence-corrected chi connectivity index (χ3v) is 6.28. The number of allylic oxidation sites excluding steroid dienone is 8. The summed E-state index contributed by atoms with van der Waals surface area (Å²) in [5.74, 6) is 0.297. The largest absolute Gasteiger partial charge is 0.367 e. The summed E-state index contributed by atoms with van der Waals surface area (Å²) in [5.41, 5.74) is 6.03. The Balaban J connectivity index is 2.14. The SMILES string of the molecule is CC(=O)CCCC(C)=CCCC(C)=CCCC=C(C)CCC=C(C)CCC1OC1(C)C. The molecule has 1 unspecified atom stereocenters. The normalized spacial score (nSPS) is 19.6. The lowest BCUT2D eigenvalue weighted by Gasteiger charge is -2.03. The van der Waals surface area contributed by atoms with Gasteiger partial charge in [-0.05, 0) is 113 Å². The highest BCUT2D eigenvalue weighted by molar-refractivity contribution is 5.75. The van der Waals surface area contributed by atoms with Gasteiger partial charge in [0.1, 0.15) is 5.78 Å². The third-order valence-electron chi connectivity index (χ3n) is 6.28. The van der Waals surface area contributed by atoms with E-state index in [0.717, 1.165) is 57.8 Å². The molecule has 0 radical (unpaired) electrons. The molecule has 1 heterocycles. The van der Waals surface area contributed by atoms with Crippen LogP contribution in [-0.2, 0) is 9.53 Å². The van der Waals surface area contributed by atoms with Crippen LogP contribution in [-0.4, -0.2) is 17.5 Å². The van der Waals surface area contributed by atoms with Crippen molar-refractivity contribution in [3.8, 4) is 0 Å². The number of ether oxygens (including phenoxy) is 1. The molecule has 0 saturated carbocycles. The molecule has 0 spiro atoms. The van der Waals surface area contributed by atoms with Crippen molar-refractivity contribution in [3.63, 3.8) is 0 Å². The molecule has 31 heavy (non-hydrogen) atoms. The molecule has 0 aromatic rings. The topological polar surface area (TPSA) is 29.6 Å². The molecule has 0 amide bonds. The smallest absolute Gasteiger partial charge is 0.129 e. The highest BCUT2D eigenvalue weighted by Crippen LogP contribution is 2.38. The van der Waals surface area contributed by atoms with Crippen LogP contribution in [0.3, 0.4) is 0 Å². The Labute approximate surface area is 192 Å². The van der Waals surface area contributed by atoms with Gasteiger partial charge in [-0.25, -0.2) is 0 Å². The van der Waals surface area contributed by atoms with E-state index in [2.05, 4.69) is 65.8 Å². The lowest BCUT2D eigenvalue weighted by atomic mass is 10.0. The monoisotopic (exact) mass is 428 g/mol. The van der Waals surface area contributed by atoms with Crippen molar-refractivity contribution in [2.45, 2.75) is 131 Å². The van der Waals surface area contributed by atoms with Crippen LogP contribution in [0.2, 0.25) is 0 Å². The maximum atomic E-state index is 11.0. The summed E-state index contributed by atoms with van der Waals surface area (Å²) >= 11 is 0. The summed E-state index contributed by atoms with van der Waals surface area (Å²) in [6.45, 7) is 15.0. The van der Waals surface area contributed by atoms with Gasteiger partial charge < -0.3 is 9.53 Å². The average Bonchev–Trinajstić information content (AvgIpc) is 3.30. The molecule has 1 atom stereocenters. The second kappa shape index (κ2) is 14.6. The number of epoxide rings is 1. The van der Waals surface area contributed by atoms with Crippen molar-refractivity contribution in [1.82, 2.24) is 0 Å². The fourth-order valence-electron chi connectivity index (χ4n) is 3.87. The molecule has 1 aliphatic heterocycles. The van der Waals surface area contributed by atoms with Crippen molar-refractivity contribution >= 4 is 5.78 Å². The van der Waals surface area contributed by atoms with Gasteiger partial charge in [0.2, 0.25) is 0 Å². The Hall–Kier alpha value is -1.41. The molecule has 1 aliphatic rings. The molecule has 0 aromatic carbocycles. The predicted molar refractivity (Wildman–Crippen MR) is 135 cm³/mol. The molecule has 0 aromatic heterocycles. The average molecular weight is 429 g/mol. The van der Waals surface area contributed by atoms with Crippen LogP contribution in [0.1, 0.15) is 119 Å². The first-order valence-electron chi connectivity index (χ1n) is 12.4. The van der Waals surface area contributed by atoms with E-state index >= 15 is 0 Å². The van der Waals surface area contributed by atoms with E-state index in [1.165, 1.54) is 28.7 Å². The molecular formula is C29H48O2. The van der Waals surface area contributed by atoms with Crippen molar-refractivity contribution < 1.29 is 9.53 Å². The van der Waals surface area contributed by atoms with Gasteiger partial charge >= 0.3 is 0 Å². The minimum Gasteiger partial charge on any atom is -0.367 e. The lowest BCUT2D eigenvalue weighted by Crippen LogP contribution is -2.02. The van der Waals surface area contributed by atoms with Gasteiger partial charge in [-0.2, -0.15) is 0 Å². The number of hydrogen-bond acceptors (Lipinski definition) is 2. The predicted octanol–water partition coefficient (Wildman–Crippen LogP) is 8.83. The second-order valence-corrected chi connectivity index (χ2v) is 10.2. The zero-order chi connectivity index (χ0) is 23.3. The Morgan fingerprint density at radius 3 is 1.55 bits per heavy atom. The Morgan fingerprint density at radius 1 is 0.677 bits per heavy atom. The van der Waals surface area contributed by atoms with Crippen LogP contribution >= 0.6 is 0 Å². The summed E-state index contributed by atoms with van der Waals surface area (Å²) in [6.07, 6.45) is 21.9. The van der Waals surface area contributed by atoms with Gasteiger partial charge in [0.25, 0.3) is 0 Å². The zero-order valence-electron chi connectivity index (χ0n) is 21.5. The highest BCUT2D eigenvalue weighted by atomic mass is 16.6. The standard InChI is InChI=1S/C29H48O2/c1-23(15-10-17-25(3)19-12-20-27(5)30)13-8-9-14-24(2)16-11-18-26(4)21-22-28-29(6,7)31-28/h13-14,17-18,28H,8-12,15-16,19-22H2,1-7H3. The van der Waals surface area contributed by atoms with Crippen LogP contribution in [0, 0.1) is 0 Å². The molecule has 1 fully saturated rings. The molecule has 1 saturated heterocycles. The van der Waals surface area contributed by atoms with E-state index < -0.39 is 0 Å². The van der Waals surface area contributed by atoms with Crippen LogP contribution in [0.15, 0.2) is 46.6 Å². The van der Waals surface area contributed by atoms with Crippen LogP contribution in [0.25, 0.3) is 0 Å². The molecule has 2 heteroatoms. The minimum atomic E-state index is 0.124. The minimum absolute atomic E-state index is 0.124. The van der Waals surface area contributed by atoms with Crippen LogP contribution in [0.4, 0.5) is 0 Å². The summed E-state index contributed by atoms with van der Waals surface area (Å²) in [6, 6.07) is 0. The molecular weight excluding hydrogens is 380 g/mol. The van der Waals surface area contributed by atoms with E-state index in [-0.39, 0.29) is 5.60 Å². The number of Topliss-reactive ketones (excluding diaryl/α,β-unsaturated/α-hetero) is 1. The Morgan fingerprint density at radius 2 is 1.10 bits per heavy atom. The summed E-state index contributed by atoms with van der Waals surface area (Å²) < 4.78 is 5.67. The van der Waals surface area contributed by atoms with Crippen LogP contribution in [0.5, 0.6) is 0 Å². The summed E-state index contributed by atoms with van der Waals surface area (Å²) in [4.78, 5) is 11.0. The number of carbonyl (C=O) groups is 1. The first-order chi connectivity index (χ1) is 14.6. The fourth-order valence-corrected chi connectivity index (χ4v) is 3.87. The van der Waals surface area contributed by atoms with Gasteiger partial charge in [0.15, 0.2) is 0 Å². The van der Waals surface area contributed by atoms with Gasteiger partial charge in [-0.15, -0.1) is 0 Å². The summed E-state index contributed by atoms with van der Waals surface area (Å²) in [5, 5.41) is 0. The first-order valence-corrected chi connectivity index (χ1v) is 12.4. The molecule has 2 nitrogen and oxygen atoms in total. The maximum absolute atomic E-state index is 11.0. The van der Waals surface area contributed by atoms with Gasteiger partial charge in [-0.3, -0.25) is 0 Å². The summed E-state index contributed by atoms with van der Waals surface area (Å²) in [7, 11) is 0. The Bertz CT molecular complexity index is 673. The molecule has 0 bridgehead atoms. The number of hydrogen-bond donors (Lipinski definition) is 0. The fraction of sp³-hybridized carbons (Fsp3) is 0.690. The number of rotatable bonds is 16. The van der Waals surface area contributed by atoms with Gasteiger partial charge in [0, 0.05) is 6.42 Å². The van der Waals surface area contributed by atoms with Crippen molar-refractivity contribution in [2.24, 2.45) is 0 Å². The maximum Gasteiger partial charge on any atom is 0.129 e. The van der Waals surface area contributed by atoms with Crippen molar-refractivity contribution in [1.29, 1.82) is 0 Å². The molecule has 0 N–H and O–H groups in total. The van der Waals surface area contributed by atoms with Crippen molar-refractivity contribution in [3.05, 3.63) is 46.6 Å². The lowest BCUT2D eigenvalue weighted by molar-refractivity contribution is -0.117. The van der Waals surface area contributed by atoms with E-state index in [1.807, 2.05) is 0 Å². The Kier molecular flexibility index (Phi) is 13.0. The zero-order valence-corrected chi connectivity index (χ0v) is 21.5. The second-order valence-electron chi connectivity index (χ2n) is 10.2. The van der Waals surface area contributed by atoms with E-state index in [4.69, 9.17) is 4.74 Å². The molecule has 1 rings (SSSR count).